The molecular formula is C72H133NO5. The maximum absolute atomic E-state index is 12.5. The normalized spacial score (nSPS) is 12.9. The molecule has 456 valence electrons. The van der Waals surface area contributed by atoms with Crippen LogP contribution in [0.3, 0.4) is 0 Å². The summed E-state index contributed by atoms with van der Waals surface area (Å²) < 4.78 is 5.47. The molecule has 0 aromatic carbocycles. The van der Waals surface area contributed by atoms with Crippen molar-refractivity contribution in [3.63, 3.8) is 0 Å². The molecule has 0 aliphatic heterocycles. The molecule has 0 radical (unpaired) electrons. The Labute approximate surface area is 486 Å². The zero-order valence-electron chi connectivity index (χ0n) is 52.1. The minimum atomic E-state index is -0.844. The zero-order valence-corrected chi connectivity index (χ0v) is 52.1. The SMILES string of the molecule is CCC/C=C\C/C=C\CCCCCCCC(=O)OCCCCCCCCCCC/C=C\C/C=C\CCCCCCCCCCCCCCCCCCCC(=O)NC(CO)C(O)/C=C/CCCCCCCCCCCCCCC. The van der Waals surface area contributed by atoms with Crippen molar-refractivity contribution >= 4 is 11.9 Å². The molecule has 0 aliphatic carbocycles. The van der Waals surface area contributed by atoms with E-state index in [9.17, 15) is 19.8 Å². The summed E-state index contributed by atoms with van der Waals surface area (Å²) in [7, 11) is 0. The van der Waals surface area contributed by atoms with Crippen molar-refractivity contribution in [2.24, 2.45) is 0 Å². The molecule has 0 bridgehead atoms. The Morgan fingerprint density at radius 2 is 0.667 bits per heavy atom. The van der Waals surface area contributed by atoms with E-state index in [1.54, 1.807) is 6.08 Å². The number of ether oxygens (including phenoxy) is 1. The summed E-state index contributed by atoms with van der Waals surface area (Å²) in [5.41, 5.74) is 0. The number of aliphatic hydroxyl groups is 2. The Kier molecular flexibility index (Phi) is 65.0. The van der Waals surface area contributed by atoms with Gasteiger partial charge in [0.15, 0.2) is 0 Å². The van der Waals surface area contributed by atoms with Crippen LogP contribution in [0.2, 0.25) is 0 Å². The van der Waals surface area contributed by atoms with Gasteiger partial charge in [0.25, 0.3) is 0 Å². The third-order valence-corrected chi connectivity index (χ3v) is 15.7. The fourth-order valence-electron chi connectivity index (χ4n) is 10.5. The van der Waals surface area contributed by atoms with Crippen LogP contribution in [0.15, 0.2) is 60.8 Å². The van der Waals surface area contributed by atoms with E-state index in [4.69, 9.17) is 4.74 Å². The average molecular weight is 1090 g/mol. The number of nitrogens with one attached hydrogen (secondary N) is 1. The molecule has 6 heteroatoms. The lowest BCUT2D eigenvalue weighted by Crippen LogP contribution is -2.45. The highest BCUT2D eigenvalue weighted by Crippen LogP contribution is 2.18. The van der Waals surface area contributed by atoms with Gasteiger partial charge in [-0.15, -0.1) is 0 Å². The Bertz CT molecular complexity index is 1350. The van der Waals surface area contributed by atoms with Crippen LogP contribution < -0.4 is 5.32 Å². The molecular weight excluding hydrogens is 959 g/mol. The number of unbranched alkanes of at least 4 members (excludes halogenated alkanes) is 45. The number of hydrogen-bond donors (Lipinski definition) is 3. The van der Waals surface area contributed by atoms with Crippen molar-refractivity contribution < 1.29 is 24.5 Å². The number of aliphatic hydroxyl groups excluding tert-OH is 2. The molecule has 0 aromatic heterocycles. The van der Waals surface area contributed by atoms with Crippen LogP contribution in [0, 0.1) is 0 Å². The van der Waals surface area contributed by atoms with Gasteiger partial charge in [-0.2, -0.15) is 0 Å². The zero-order chi connectivity index (χ0) is 56.4. The van der Waals surface area contributed by atoms with Crippen LogP contribution in [0.1, 0.15) is 361 Å². The van der Waals surface area contributed by atoms with E-state index in [-0.39, 0.29) is 18.5 Å². The van der Waals surface area contributed by atoms with Crippen molar-refractivity contribution in [1.82, 2.24) is 5.32 Å². The van der Waals surface area contributed by atoms with E-state index in [1.807, 2.05) is 6.08 Å². The molecule has 0 saturated heterocycles. The lowest BCUT2D eigenvalue weighted by atomic mass is 10.0. The van der Waals surface area contributed by atoms with E-state index in [0.717, 1.165) is 57.8 Å². The fraction of sp³-hybridized carbons (Fsp3) is 0.833. The van der Waals surface area contributed by atoms with E-state index < -0.39 is 12.1 Å². The first-order chi connectivity index (χ1) is 38.5. The van der Waals surface area contributed by atoms with Crippen molar-refractivity contribution in [3.05, 3.63) is 60.8 Å². The molecule has 0 rings (SSSR count). The number of carbonyl (C=O) groups is 2. The first kappa shape index (κ1) is 75.6. The Hall–Kier alpha value is -2.44. The van der Waals surface area contributed by atoms with Crippen LogP contribution in [-0.4, -0.2) is 47.4 Å². The lowest BCUT2D eigenvalue weighted by molar-refractivity contribution is -0.143. The summed E-state index contributed by atoms with van der Waals surface area (Å²) in [4.78, 5) is 24.5. The molecule has 2 atom stereocenters. The molecule has 0 aliphatic rings. The molecule has 2 unspecified atom stereocenters. The molecule has 78 heavy (non-hydrogen) atoms. The largest absolute Gasteiger partial charge is 0.466 e. The highest BCUT2D eigenvalue weighted by Gasteiger charge is 2.18. The Morgan fingerprint density at radius 1 is 0.359 bits per heavy atom. The topological polar surface area (TPSA) is 95.9 Å². The fourth-order valence-corrected chi connectivity index (χ4v) is 10.5. The van der Waals surface area contributed by atoms with Crippen LogP contribution in [0.4, 0.5) is 0 Å². The molecule has 0 saturated carbocycles. The van der Waals surface area contributed by atoms with Crippen molar-refractivity contribution in [3.8, 4) is 0 Å². The second-order valence-corrected chi connectivity index (χ2v) is 23.5. The van der Waals surface area contributed by atoms with E-state index >= 15 is 0 Å². The van der Waals surface area contributed by atoms with Gasteiger partial charge in [-0.3, -0.25) is 9.59 Å². The van der Waals surface area contributed by atoms with Crippen molar-refractivity contribution in [1.29, 1.82) is 0 Å². The van der Waals surface area contributed by atoms with Gasteiger partial charge in [0, 0.05) is 12.8 Å². The van der Waals surface area contributed by atoms with Gasteiger partial charge >= 0.3 is 5.97 Å². The second-order valence-electron chi connectivity index (χ2n) is 23.5. The Balaban J connectivity index is 3.40. The standard InChI is InChI=1S/C72H133NO5/c1-3-5-7-9-11-13-15-17-37-41-44-48-52-56-60-64-70(75)69(68-74)73-71(76)65-61-57-53-49-45-42-38-35-33-31-29-27-25-23-21-19-18-20-22-24-26-28-30-32-34-36-39-43-47-51-55-59-63-67-78-72(77)66-62-58-54-50-46-40-16-14-12-10-8-6-4-2/h8,10,14,16,22,24,28,30,60,64,69-70,74-75H,3-7,9,11-13,15,17-21,23,25-27,29,31-59,61-63,65-68H2,1-2H3,(H,73,76)/b10-8-,16-14-,24-22-,30-28-,64-60+. The number of esters is 1. The predicted octanol–water partition coefficient (Wildman–Crippen LogP) is 22.3. The van der Waals surface area contributed by atoms with Gasteiger partial charge in [-0.05, 0) is 89.9 Å². The molecule has 0 fully saturated rings. The van der Waals surface area contributed by atoms with E-state index in [0.29, 0.717) is 19.4 Å². The number of hydrogen-bond acceptors (Lipinski definition) is 5. The molecule has 1 amide bonds. The maximum Gasteiger partial charge on any atom is 0.305 e. The number of amides is 1. The molecule has 6 nitrogen and oxygen atoms in total. The first-order valence-corrected chi connectivity index (χ1v) is 34.6. The minimum Gasteiger partial charge on any atom is -0.466 e. The van der Waals surface area contributed by atoms with Crippen LogP contribution in [0.5, 0.6) is 0 Å². The van der Waals surface area contributed by atoms with Crippen LogP contribution in [0.25, 0.3) is 0 Å². The monoisotopic (exact) mass is 1090 g/mol. The van der Waals surface area contributed by atoms with E-state index in [2.05, 4.69) is 67.8 Å². The Morgan fingerprint density at radius 3 is 1.03 bits per heavy atom. The smallest absolute Gasteiger partial charge is 0.305 e. The summed E-state index contributed by atoms with van der Waals surface area (Å²) >= 11 is 0. The summed E-state index contributed by atoms with van der Waals surface area (Å²) in [6.07, 6.45) is 88.7. The van der Waals surface area contributed by atoms with Gasteiger partial charge < -0.3 is 20.3 Å². The van der Waals surface area contributed by atoms with Crippen molar-refractivity contribution in [2.75, 3.05) is 13.2 Å². The van der Waals surface area contributed by atoms with Gasteiger partial charge in [-0.25, -0.2) is 0 Å². The summed E-state index contributed by atoms with van der Waals surface area (Å²) in [6, 6.07) is -0.627. The van der Waals surface area contributed by atoms with Crippen LogP contribution in [-0.2, 0) is 14.3 Å². The number of rotatable bonds is 64. The van der Waals surface area contributed by atoms with E-state index in [1.165, 1.54) is 276 Å². The van der Waals surface area contributed by atoms with Gasteiger partial charge in [0.05, 0.1) is 25.4 Å². The summed E-state index contributed by atoms with van der Waals surface area (Å²) in [6.45, 7) is 4.85. The molecule has 0 aromatic rings. The van der Waals surface area contributed by atoms with Gasteiger partial charge in [0.2, 0.25) is 5.91 Å². The highest BCUT2D eigenvalue weighted by molar-refractivity contribution is 5.76. The third-order valence-electron chi connectivity index (χ3n) is 15.7. The second kappa shape index (κ2) is 67.1. The predicted molar refractivity (Wildman–Crippen MR) is 342 cm³/mol. The van der Waals surface area contributed by atoms with Gasteiger partial charge in [0.1, 0.15) is 0 Å². The minimum absolute atomic E-state index is 0.00183. The quantitative estimate of drug-likeness (QED) is 0.0320. The first-order valence-electron chi connectivity index (χ1n) is 34.6. The molecule has 3 N–H and O–H groups in total. The molecule has 0 heterocycles. The number of allylic oxidation sites excluding steroid dienone is 9. The summed E-state index contributed by atoms with van der Waals surface area (Å²) in [5.74, 6) is -0.0667. The number of carbonyl (C=O) groups excluding carboxylic acids is 2. The van der Waals surface area contributed by atoms with Gasteiger partial charge in [-0.1, -0.05) is 319 Å². The summed E-state index contributed by atoms with van der Waals surface area (Å²) in [5, 5.41) is 23.2. The maximum atomic E-state index is 12.5. The molecule has 0 spiro atoms. The third kappa shape index (κ3) is 62.8. The van der Waals surface area contributed by atoms with Crippen molar-refractivity contribution in [2.45, 2.75) is 373 Å². The van der Waals surface area contributed by atoms with Crippen LogP contribution >= 0.6 is 0 Å². The average Bonchev–Trinajstić information content (AvgIpc) is 3.44. The lowest BCUT2D eigenvalue weighted by Gasteiger charge is -2.20. The highest BCUT2D eigenvalue weighted by atomic mass is 16.5.